The van der Waals surface area contributed by atoms with E-state index in [0.717, 1.165) is 11.1 Å². The van der Waals surface area contributed by atoms with Crippen LogP contribution in [0.1, 0.15) is 35.3 Å². The van der Waals surface area contributed by atoms with Gasteiger partial charge in [-0.05, 0) is 31.5 Å². The summed E-state index contributed by atoms with van der Waals surface area (Å²) in [6.45, 7) is 5.09. The van der Waals surface area contributed by atoms with Gasteiger partial charge in [0.15, 0.2) is 5.96 Å². The first-order chi connectivity index (χ1) is 12.9. The molecule has 28 heavy (non-hydrogen) atoms. The van der Waals surface area contributed by atoms with Crippen LogP contribution in [0.2, 0.25) is 0 Å². The summed E-state index contributed by atoms with van der Waals surface area (Å²) in [6.07, 6.45) is 3.44. The van der Waals surface area contributed by atoms with Gasteiger partial charge in [0, 0.05) is 38.0 Å². The van der Waals surface area contributed by atoms with E-state index in [1.165, 1.54) is 0 Å². The molecule has 1 amide bonds. The number of carbonyl (C=O) groups excluding carboxylic acids is 1. The molecule has 0 aliphatic rings. The molecule has 1 unspecified atom stereocenters. The van der Waals surface area contributed by atoms with Gasteiger partial charge in [0.05, 0.1) is 19.3 Å². The lowest BCUT2D eigenvalue weighted by Gasteiger charge is -2.23. The standard InChI is InChI=1S/C19H28N6O2.HI/c1-5-21-18(23-13-19(2,27)16-11-24-25(4)12-16)22-10-14-7-6-8-15(9-14)17(26)20-3;/h6-9,11-12,27H,5,10,13H2,1-4H3,(H,20,26)(H2,21,22,23);1H. The molecule has 1 heterocycles. The molecule has 8 nitrogen and oxygen atoms in total. The number of carbonyl (C=O) groups is 1. The van der Waals surface area contributed by atoms with Crippen LogP contribution in [-0.2, 0) is 19.2 Å². The third kappa shape index (κ3) is 6.79. The molecule has 0 fully saturated rings. The van der Waals surface area contributed by atoms with E-state index in [0.29, 0.717) is 24.6 Å². The summed E-state index contributed by atoms with van der Waals surface area (Å²) < 4.78 is 1.66. The van der Waals surface area contributed by atoms with Gasteiger partial charge < -0.3 is 21.1 Å². The topological polar surface area (TPSA) is 104 Å². The number of guanidine groups is 1. The number of aliphatic imine (C=N–C) groups is 1. The fourth-order valence-electron chi connectivity index (χ4n) is 2.52. The number of hydrogen-bond donors (Lipinski definition) is 4. The van der Waals surface area contributed by atoms with Crippen LogP contribution >= 0.6 is 24.0 Å². The maximum Gasteiger partial charge on any atom is 0.251 e. The molecule has 154 valence electrons. The summed E-state index contributed by atoms with van der Waals surface area (Å²) in [4.78, 5) is 16.3. The summed E-state index contributed by atoms with van der Waals surface area (Å²) >= 11 is 0. The molecule has 1 aromatic carbocycles. The summed E-state index contributed by atoms with van der Waals surface area (Å²) in [6, 6.07) is 7.34. The monoisotopic (exact) mass is 500 g/mol. The zero-order valence-corrected chi connectivity index (χ0v) is 19.0. The van der Waals surface area contributed by atoms with Crippen molar-refractivity contribution in [3.8, 4) is 0 Å². The van der Waals surface area contributed by atoms with Crippen LogP contribution in [0.25, 0.3) is 0 Å². The lowest BCUT2D eigenvalue weighted by atomic mass is 10.00. The Bertz CT molecular complexity index is 803. The Morgan fingerprint density at radius 1 is 1.36 bits per heavy atom. The Hall–Kier alpha value is -2.14. The third-order valence-electron chi connectivity index (χ3n) is 4.11. The van der Waals surface area contributed by atoms with Crippen LogP contribution in [0.4, 0.5) is 0 Å². The largest absolute Gasteiger partial charge is 0.383 e. The van der Waals surface area contributed by atoms with Crippen molar-refractivity contribution in [2.45, 2.75) is 26.0 Å². The van der Waals surface area contributed by atoms with E-state index in [-0.39, 0.29) is 36.4 Å². The zero-order valence-electron chi connectivity index (χ0n) is 16.7. The van der Waals surface area contributed by atoms with Crippen LogP contribution < -0.4 is 16.0 Å². The molecule has 0 aliphatic heterocycles. The average Bonchev–Trinajstić information content (AvgIpc) is 3.11. The smallest absolute Gasteiger partial charge is 0.251 e. The Labute approximate surface area is 182 Å². The van der Waals surface area contributed by atoms with Gasteiger partial charge in [-0.25, -0.2) is 4.99 Å². The van der Waals surface area contributed by atoms with Crippen molar-refractivity contribution in [1.29, 1.82) is 0 Å². The number of hydrogen-bond acceptors (Lipinski definition) is 4. The van der Waals surface area contributed by atoms with E-state index in [4.69, 9.17) is 0 Å². The minimum atomic E-state index is -1.08. The molecule has 4 N–H and O–H groups in total. The minimum absolute atomic E-state index is 0. The molecule has 0 radical (unpaired) electrons. The second-order valence-electron chi connectivity index (χ2n) is 6.50. The van der Waals surface area contributed by atoms with Gasteiger partial charge in [0.1, 0.15) is 5.60 Å². The second kappa shape index (κ2) is 11.0. The highest BCUT2D eigenvalue weighted by Crippen LogP contribution is 2.18. The van der Waals surface area contributed by atoms with Crippen LogP contribution in [0, 0.1) is 0 Å². The van der Waals surface area contributed by atoms with E-state index in [1.54, 1.807) is 37.1 Å². The first-order valence-electron chi connectivity index (χ1n) is 8.90. The zero-order chi connectivity index (χ0) is 19.9. The lowest BCUT2D eigenvalue weighted by Crippen LogP contribution is -2.44. The molecule has 0 saturated heterocycles. The van der Waals surface area contributed by atoms with E-state index in [9.17, 15) is 9.90 Å². The summed E-state index contributed by atoms with van der Waals surface area (Å²) in [5, 5.41) is 23.7. The normalized spacial score (nSPS) is 13.2. The van der Waals surface area contributed by atoms with Gasteiger partial charge in [-0.15, -0.1) is 24.0 Å². The van der Waals surface area contributed by atoms with E-state index in [1.807, 2.05) is 32.2 Å². The van der Waals surface area contributed by atoms with Gasteiger partial charge in [-0.3, -0.25) is 9.48 Å². The van der Waals surface area contributed by atoms with E-state index in [2.05, 4.69) is 26.0 Å². The molecular weight excluding hydrogens is 471 g/mol. The van der Waals surface area contributed by atoms with Crippen LogP contribution in [0.5, 0.6) is 0 Å². The molecular formula is C19H29IN6O2. The van der Waals surface area contributed by atoms with Crippen LogP contribution in [-0.4, -0.2) is 46.9 Å². The quantitative estimate of drug-likeness (QED) is 0.261. The molecule has 2 rings (SSSR count). The number of aryl methyl sites for hydroxylation is 1. The van der Waals surface area contributed by atoms with Gasteiger partial charge in [0.25, 0.3) is 5.91 Å². The Morgan fingerprint density at radius 2 is 2.11 bits per heavy atom. The number of aliphatic hydroxyl groups is 1. The minimum Gasteiger partial charge on any atom is -0.383 e. The summed E-state index contributed by atoms with van der Waals surface area (Å²) in [5.74, 6) is 0.463. The lowest BCUT2D eigenvalue weighted by molar-refractivity contribution is 0.0616. The first kappa shape index (κ1) is 23.9. The number of rotatable bonds is 7. The first-order valence-corrected chi connectivity index (χ1v) is 8.90. The molecule has 1 aromatic heterocycles. The van der Waals surface area contributed by atoms with E-state index < -0.39 is 5.60 Å². The van der Waals surface area contributed by atoms with Gasteiger partial charge >= 0.3 is 0 Å². The van der Waals surface area contributed by atoms with Crippen LogP contribution in [0.3, 0.4) is 0 Å². The van der Waals surface area contributed by atoms with Gasteiger partial charge in [0.2, 0.25) is 0 Å². The maximum atomic E-state index is 11.7. The summed E-state index contributed by atoms with van der Waals surface area (Å²) in [5.41, 5.74) is 1.17. The number of nitrogens with one attached hydrogen (secondary N) is 3. The maximum absolute atomic E-state index is 11.7. The molecule has 0 saturated carbocycles. The van der Waals surface area contributed by atoms with Crippen molar-refractivity contribution >= 4 is 35.8 Å². The molecule has 9 heteroatoms. The SMILES string of the molecule is CCNC(=NCc1cccc(C(=O)NC)c1)NCC(C)(O)c1cnn(C)c1.I. The molecule has 0 spiro atoms. The molecule has 0 bridgehead atoms. The highest BCUT2D eigenvalue weighted by Gasteiger charge is 2.24. The third-order valence-corrected chi connectivity index (χ3v) is 4.11. The average molecular weight is 500 g/mol. The van der Waals surface area contributed by atoms with Crippen molar-refractivity contribution < 1.29 is 9.90 Å². The molecule has 1 atom stereocenters. The van der Waals surface area contributed by atoms with Crippen molar-refractivity contribution in [3.63, 3.8) is 0 Å². The number of aromatic nitrogens is 2. The van der Waals surface area contributed by atoms with E-state index >= 15 is 0 Å². The van der Waals surface area contributed by atoms with Crippen molar-refractivity contribution in [3.05, 3.63) is 53.3 Å². The van der Waals surface area contributed by atoms with Crippen molar-refractivity contribution in [2.75, 3.05) is 20.1 Å². The predicted octanol–water partition coefficient (Wildman–Crippen LogP) is 1.36. The number of amides is 1. The number of nitrogens with zero attached hydrogens (tertiary/aromatic N) is 3. The Morgan fingerprint density at radius 3 is 2.71 bits per heavy atom. The predicted molar refractivity (Wildman–Crippen MR) is 121 cm³/mol. The molecule has 2 aromatic rings. The molecule has 0 aliphatic carbocycles. The second-order valence-corrected chi connectivity index (χ2v) is 6.50. The highest BCUT2D eigenvalue weighted by atomic mass is 127. The summed E-state index contributed by atoms with van der Waals surface area (Å²) in [7, 11) is 3.42. The van der Waals surface area contributed by atoms with Crippen molar-refractivity contribution in [1.82, 2.24) is 25.7 Å². The highest BCUT2D eigenvalue weighted by molar-refractivity contribution is 14.0. The number of halogens is 1. The fraction of sp³-hybridized carbons (Fsp3) is 0.421. The number of benzene rings is 1. The fourth-order valence-corrected chi connectivity index (χ4v) is 2.52. The van der Waals surface area contributed by atoms with Crippen LogP contribution in [0.15, 0.2) is 41.7 Å². The van der Waals surface area contributed by atoms with Gasteiger partial charge in [-0.2, -0.15) is 5.10 Å². The Balaban J connectivity index is 0.00000392. The van der Waals surface area contributed by atoms with Gasteiger partial charge in [-0.1, -0.05) is 12.1 Å². The van der Waals surface area contributed by atoms with Crippen molar-refractivity contribution in [2.24, 2.45) is 12.0 Å². The Kier molecular flexibility index (Phi) is 9.39.